The van der Waals surface area contributed by atoms with Gasteiger partial charge in [-0.05, 0) is 58.6 Å². The second-order valence-corrected chi connectivity index (χ2v) is 8.38. The molecule has 2 aliphatic heterocycles. The van der Waals surface area contributed by atoms with Crippen molar-refractivity contribution in [3.05, 3.63) is 24.2 Å². The van der Waals surface area contributed by atoms with Gasteiger partial charge in [0.2, 0.25) is 5.91 Å². The predicted molar refractivity (Wildman–Crippen MR) is 102 cm³/mol. The molecule has 1 aromatic heterocycles. The molecular formula is C20H29N3O5. The van der Waals surface area contributed by atoms with Crippen molar-refractivity contribution in [1.29, 1.82) is 0 Å². The third-order valence-electron chi connectivity index (χ3n) is 5.06. The first-order valence-electron chi connectivity index (χ1n) is 9.87. The van der Waals surface area contributed by atoms with Crippen molar-refractivity contribution in [3.63, 3.8) is 0 Å². The first-order valence-corrected chi connectivity index (χ1v) is 9.87. The number of amides is 3. The van der Waals surface area contributed by atoms with E-state index in [-0.39, 0.29) is 23.6 Å². The smallest absolute Gasteiger partial charge is 0.407 e. The topological polar surface area (TPSA) is 92.1 Å². The van der Waals surface area contributed by atoms with Crippen LogP contribution < -0.4 is 5.32 Å². The molecule has 1 atom stereocenters. The zero-order chi connectivity index (χ0) is 20.3. The molecule has 0 radical (unpaired) electrons. The highest BCUT2D eigenvalue weighted by Crippen LogP contribution is 2.24. The van der Waals surface area contributed by atoms with Crippen LogP contribution in [0.25, 0.3) is 0 Å². The van der Waals surface area contributed by atoms with Crippen LogP contribution in [0.5, 0.6) is 0 Å². The zero-order valence-corrected chi connectivity index (χ0v) is 16.8. The number of likely N-dealkylation sites (tertiary alicyclic amines) is 2. The SMILES string of the molecule is CC(C)(C)OC(=O)NC1CCN(C(=O)C2CCCN2C(=O)c2ccco2)CC1. The van der Waals surface area contributed by atoms with Crippen molar-refractivity contribution in [1.82, 2.24) is 15.1 Å². The highest BCUT2D eigenvalue weighted by atomic mass is 16.6. The largest absolute Gasteiger partial charge is 0.459 e. The normalized spacial score (nSPS) is 20.9. The molecule has 2 aliphatic rings. The van der Waals surface area contributed by atoms with Crippen LogP contribution in [-0.2, 0) is 9.53 Å². The number of alkyl carbamates (subject to hydrolysis) is 1. The summed E-state index contributed by atoms with van der Waals surface area (Å²) in [6.07, 6.45) is 3.85. The lowest BCUT2D eigenvalue weighted by Crippen LogP contribution is -2.52. The van der Waals surface area contributed by atoms with Crippen molar-refractivity contribution >= 4 is 17.9 Å². The fourth-order valence-corrected chi connectivity index (χ4v) is 3.74. The summed E-state index contributed by atoms with van der Waals surface area (Å²) in [6.45, 7) is 7.14. The second-order valence-electron chi connectivity index (χ2n) is 8.38. The molecule has 154 valence electrons. The first-order chi connectivity index (χ1) is 13.2. The molecule has 0 bridgehead atoms. The summed E-state index contributed by atoms with van der Waals surface area (Å²) in [6, 6.07) is 2.84. The molecule has 3 amide bonds. The van der Waals surface area contributed by atoms with Crippen molar-refractivity contribution in [2.24, 2.45) is 0 Å². The van der Waals surface area contributed by atoms with Gasteiger partial charge in [0.25, 0.3) is 5.91 Å². The molecule has 3 rings (SSSR count). The fraction of sp³-hybridized carbons (Fsp3) is 0.650. The minimum absolute atomic E-state index is 0.0108. The van der Waals surface area contributed by atoms with Crippen LogP contribution in [0.2, 0.25) is 0 Å². The Morgan fingerprint density at radius 2 is 1.86 bits per heavy atom. The maximum Gasteiger partial charge on any atom is 0.407 e. The Morgan fingerprint density at radius 3 is 2.46 bits per heavy atom. The van der Waals surface area contributed by atoms with Gasteiger partial charge in [0.15, 0.2) is 5.76 Å². The number of ether oxygens (including phenoxy) is 1. The number of hydrogen-bond donors (Lipinski definition) is 1. The van der Waals surface area contributed by atoms with Crippen molar-refractivity contribution in [2.75, 3.05) is 19.6 Å². The number of piperidine rings is 1. The Balaban J connectivity index is 1.52. The third-order valence-corrected chi connectivity index (χ3v) is 5.06. The molecule has 3 heterocycles. The minimum Gasteiger partial charge on any atom is -0.459 e. The van der Waals surface area contributed by atoms with Gasteiger partial charge in [-0.1, -0.05) is 0 Å². The lowest BCUT2D eigenvalue weighted by molar-refractivity contribution is -0.136. The van der Waals surface area contributed by atoms with Crippen LogP contribution in [0, 0.1) is 0 Å². The molecule has 2 fully saturated rings. The lowest BCUT2D eigenvalue weighted by Gasteiger charge is -2.35. The van der Waals surface area contributed by atoms with Crippen molar-refractivity contribution in [3.8, 4) is 0 Å². The molecule has 1 N–H and O–H groups in total. The quantitative estimate of drug-likeness (QED) is 0.854. The number of rotatable bonds is 3. The van der Waals surface area contributed by atoms with E-state index < -0.39 is 17.7 Å². The molecule has 8 heteroatoms. The fourth-order valence-electron chi connectivity index (χ4n) is 3.74. The summed E-state index contributed by atoms with van der Waals surface area (Å²) in [5.41, 5.74) is -0.535. The van der Waals surface area contributed by atoms with E-state index in [1.807, 2.05) is 20.8 Å². The van der Waals surface area contributed by atoms with Crippen LogP contribution in [-0.4, -0.2) is 65.0 Å². The molecular weight excluding hydrogens is 362 g/mol. The van der Waals surface area contributed by atoms with Gasteiger partial charge >= 0.3 is 6.09 Å². The molecule has 8 nitrogen and oxygen atoms in total. The molecule has 1 aromatic rings. The third kappa shape index (κ3) is 4.85. The highest BCUT2D eigenvalue weighted by Gasteiger charge is 2.38. The standard InChI is InChI=1S/C20H29N3O5/c1-20(2,3)28-19(26)21-14-8-11-22(12-9-14)17(24)15-6-4-10-23(15)18(25)16-7-5-13-27-16/h5,7,13-15H,4,6,8-12H2,1-3H3,(H,21,26). The number of nitrogens with one attached hydrogen (secondary N) is 1. The predicted octanol–water partition coefficient (Wildman–Crippen LogP) is 2.40. The summed E-state index contributed by atoms with van der Waals surface area (Å²) in [5.74, 6) is 0.00965. The Bertz CT molecular complexity index is 702. The summed E-state index contributed by atoms with van der Waals surface area (Å²) in [5, 5.41) is 2.87. The van der Waals surface area contributed by atoms with Crippen LogP contribution >= 0.6 is 0 Å². The van der Waals surface area contributed by atoms with Gasteiger partial charge in [-0.3, -0.25) is 9.59 Å². The molecule has 0 aromatic carbocycles. The number of hydrogen-bond acceptors (Lipinski definition) is 5. The van der Waals surface area contributed by atoms with Gasteiger partial charge in [-0.15, -0.1) is 0 Å². The summed E-state index contributed by atoms with van der Waals surface area (Å²) in [7, 11) is 0. The maximum atomic E-state index is 13.0. The zero-order valence-electron chi connectivity index (χ0n) is 16.8. The van der Waals surface area contributed by atoms with Gasteiger partial charge in [-0.2, -0.15) is 0 Å². The number of nitrogens with zero attached hydrogens (tertiary/aromatic N) is 2. The Labute approximate surface area is 165 Å². The highest BCUT2D eigenvalue weighted by molar-refractivity contribution is 5.96. The Morgan fingerprint density at radius 1 is 1.14 bits per heavy atom. The Kier molecular flexibility index (Phi) is 5.96. The van der Waals surface area contributed by atoms with Crippen molar-refractivity contribution in [2.45, 2.75) is 64.1 Å². The number of furan rings is 1. The van der Waals surface area contributed by atoms with Gasteiger partial charge in [0.05, 0.1) is 6.26 Å². The van der Waals surface area contributed by atoms with E-state index >= 15 is 0 Å². The van der Waals surface area contributed by atoms with E-state index in [1.54, 1.807) is 21.9 Å². The number of carbonyl (C=O) groups excluding carboxylic acids is 3. The Hall–Kier alpha value is -2.51. The molecule has 1 unspecified atom stereocenters. The van der Waals surface area contributed by atoms with Crippen LogP contribution in [0.1, 0.15) is 57.0 Å². The van der Waals surface area contributed by atoms with E-state index in [1.165, 1.54) is 6.26 Å². The maximum absolute atomic E-state index is 13.0. The molecule has 0 spiro atoms. The van der Waals surface area contributed by atoms with E-state index in [9.17, 15) is 14.4 Å². The monoisotopic (exact) mass is 391 g/mol. The van der Waals surface area contributed by atoms with Gasteiger partial charge in [-0.25, -0.2) is 4.79 Å². The summed E-state index contributed by atoms with van der Waals surface area (Å²) >= 11 is 0. The van der Waals surface area contributed by atoms with Gasteiger partial charge < -0.3 is 24.3 Å². The minimum atomic E-state index is -0.535. The van der Waals surface area contributed by atoms with Gasteiger partial charge in [0, 0.05) is 25.7 Å². The molecule has 0 saturated carbocycles. The average Bonchev–Trinajstić information content (AvgIpc) is 3.31. The van der Waals surface area contributed by atoms with Crippen LogP contribution in [0.15, 0.2) is 22.8 Å². The van der Waals surface area contributed by atoms with E-state index in [4.69, 9.17) is 9.15 Å². The molecule has 2 saturated heterocycles. The van der Waals surface area contributed by atoms with Crippen LogP contribution in [0.4, 0.5) is 4.79 Å². The summed E-state index contributed by atoms with van der Waals surface area (Å²) < 4.78 is 10.5. The van der Waals surface area contributed by atoms with Crippen LogP contribution in [0.3, 0.4) is 0 Å². The average molecular weight is 391 g/mol. The molecule has 0 aliphatic carbocycles. The van der Waals surface area contributed by atoms with Gasteiger partial charge in [0.1, 0.15) is 11.6 Å². The van der Waals surface area contributed by atoms with E-state index in [0.717, 1.165) is 6.42 Å². The molecule has 28 heavy (non-hydrogen) atoms. The summed E-state index contributed by atoms with van der Waals surface area (Å²) in [4.78, 5) is 40.9. The number of carbonyl (C=O) groups is 3. The van der Waals surface area contributed by atoms with Crippen molar-refractivity contribution < 1.29 is 23.5 Å². The second kappa shape index (κ2) is 8.24. The first kappa shape index (κ1) is 20.2. The lowest BCUT2D eigenvalue weighted by atomic mass is 10.0. The van der Waals surface area contributed by atoms with E-state index in [0.29, 0.717) is 38.9 Å². The van der Waals surface area contributed by atoms with E-state index in [2.05, 4.69) is 5.32 Å².